The average Bonchev–Trinajstić information content (AvgIpc) is 2.60. The maximum atomic E-state index is 11.9. The molecule has 0 saturated carbocycles. The summed E-state index contributed by atoms with van der Waals surface area (Å²) in [6, 6.07) is 13.1. The molecule has 0 aromatic heterocycles. The van der Waals surface area contributed by atoms with Gasteiger partial charge in [-0.1, -0.05) is 15.9 Å². The Kier molecular flexibility index (Phi) is 6.03. The van der Waals surface area contributed by atoms with E-state index in [0.29, 0.717) is 16.8 Å². The van der Waals surface area contributed by atoms with E-state index in [1.165, 1.54) is 31.4 Å². The van der Waals surface area contributed by atoms with Crippen molar-refractivity contribution in [2.75, 3.05) is 12.4 Å². The first-order valence-electron chi connectivity index (χ1n) is 6.97. The van der Waals surface area contributed by atoms with Crippen LogP contribution in [0.4, 0.5) is 5.69 Å². The molecule has 0 aliphatic heterocycles. The van der Waals surface area contributed by atoms with Crippen LogP contribution in [0.15, 0.2) is 65.2 Å². The van der Waals surface area contributed by atoms with E-state index in [1.807, 2.05) is 0 Å². The lowest BCUT2D eigenvalue weighted by Gasteiger charge is -2.03. The molecule has 0 aliphatic carbocycles. The van der Waals surface area contributed by atoms with Crippen LogP contribution in [-0.2, 0) is 9.53 Å². The van der Waals surface area contributed by atoms with Crippen molar-refractivity contribution < 1.29 is 19.1 Å². The highest BCUT2D eigenvalue weighted by molar-refractivity contribution is 9.10. The zero-order chi connectivity index (χ0) is 17.5. The van der Waals surface area contributed by atoms with Crippen molar-refractivity contribution in [1.82, 2.24) is 0 Å². The van der Waals surface area contributed by atoms with E-state index in [1.54, 1.807) is 36.4 Å². The maximum absolute atomic E-state index is 11.9. The summed E-state index contributed by atoms with van der Waals surface area (Å²) < 4.78 is 5.47. The summed E-state index contributed by atoms with van der Waals surface area (Å²) in [4.78, 5) is 35.1. The molecule has 2 aromatic rings. The Bertz CT molecular complexity index is 780. The number of esters is 1. The van der Waals surface area contributed by atoms with E-state index in [2.05, 4.69) is 26.0 Å². The Balaban J connectivity index is 1.96. The van der Waals surface area contributed by atoms with E-state index in [-0.39, 0.29) is 5.78 Å². The van der Waals surface area contributed by atoms with Crippen molar-refractivity contribution in [2.24, 2.45) is 0 Å². The summed E-state index contributed by atoms with van der Waals surface area (Å²) >= 11 is 3.29. The third kappa shape index (κ3) is 4.89. The molecule has 2 rings (SSSR count). The van der Waals surface area contributed by atoms with Crippen LogP contribution in [0.1, 0.15) is 20.7 Å². The predicted molar refractivity (Wildman–Crippen MR) is 94.0 cm³/mol. The van der Waals surface area contributed by atoms with Crippen LogP contribution in [0, 0.1) is 0 Å². The number of allylic oxidation sites excluding steroid dienone is 1. The molecule has 0 radical (unpaired) electrons. The molecular weight excluding hydrogens is 374 g/mol. The molecule has 0 fully saturated rings. The highest BCUT2D eigenvalue weighted by atomic mass is 79.9. The van der Waals surface area contributed by atoms with E-state index >= 15 is 0 Å². The summed E-state index contributed by atoms with van der Waals surface area (Å²) in [5.41, 5.74) is 1.38. The summed E-state index contributed by atoms with van der Waals surface area (Å²) in [6.45, 7) is 0. The molecule has 1 amide bonds. The summed E-state index contributed by atoms with van der Waals surface area (Å²) in [7, 11) is 1.30. The number of hydrogen-bond donors (Lipinski definition) is 1. The third-order valence-corrected chi connectivity index (χ3v) is 3.62. The number of anilines is 1. The number of benzene rings is 2. The van der Waals surface area contributed by atoms with Gasteiger partial charge in [0.1, 0.15) is 0 Å². The second-order valence-corrected chi connectivity index (χ2v) is 5.68. The summed E-state index contributed by atoms with van der Waals surface area (Å²) in [6.07, 6.45) is 2.37. The molecular formula is C18H14BrNO4. The molecule has 0 aliphatic rings. The zero-order valence-electron chi connectivity index (χ0n) is 12.8. The number of amides is 1. The number of hydrogen-bond acceptors (Lipinski definition) is 4. The quantitative estimate of drug-likeness (QED) is 0.483. The Hall–Kier alpha value is -2.73. The average molecular weight is 388 g/mol. The van der Waals surface area contributed by atoms with Crippen molar-refractivity contribution in [2.45, 2.75) is 0 Å². The highest BCUT2D eigenvalue weighted by Gasteiger charge is 2.06. The van der Waals surface area contributed by atoms with Gasteiger partial charge in [0.2, 0.25) is 5.91 Å². The molecule has 0 bridgehead atoms. The second-order valence-electron chi connectivity index (χ2n) is 4.76. The number of rotatable bonds is 5. The molecule has 0 atom stereocenters. The number of carbonyl (C=O) groups is 3. The van der Waals surface area contributed by atoms with Crippen molar-refractivity contribution in [3.8, 4) is 0 Å². The second kappa shape index (κ2) is 8.21. The molecule has 122 valence electrons. The van der Waals surface area contributed by atoms with Gasteiger partial charge in [-0.2, -0.15) is 0 Å². The first-order chi connectivity index (χ1) is 11.5. The molecule has 0 spiro atoms. The lowest BCUT2D eigenvalue weighted by Crippen LogP contribution is -2.09. The predicted octanol–water partition coefficient (Wildman–Crippen LogP) is 3.61. The van der Waals surface area contributed by atoms with Crippen molar-refractivity contribution in [1.29, 1.82) is 0 Å². The summed E-state index contributed by atoms with van der Waals surface area (Å²) in [5, 5.41) is 2.60. The molecule has 2 aromatic carbocycles. The maximum Gasteiger partial charge on any atom is 0.337 e. The first-order valence-corrected chi connectivity index (χ1v) is 7.76. The van der Waals surface area contributed by atoms with Gasteiger partial charge in [0.25, 0.3) is 0 Å². The number of ether oxygens (including phenoxy) is 1. The Labute approximate surface area is 147 Å². The van der Waals surface area contributed by atoms with Gasteiger partial charge in [-0.3, -0.25) is 9.59 Å². The molecule has 0 saturated heterocycles. The molecule has 24 heavy (non-hydrogen) atoms. The van der Waals surface area contributed by atoms with Gasteiger partial charge in [-0.15, -0.1) is 0 Å². The lowest BCUT2D eigenvalue weighted by molar-refractivity contribution is -0.111. The van der Waals surface area contributed by atoms with E-state index in [4.69, 9.17) is 0 Å². The lowest BCUT2D eigenvalue weighted by atomic mass is 10.1. The van der Waals surface area contributed by atoms with Crippen LogP contribution < -0.4 is 5.32 Å². The number of methoxy groups -OCH3 is 1. The fourth-order valence-corrected chi connectivity index (χ4v) is 2.12. The van der Waals surface area contributed by atoms with Gasteiger partial charge in [-0.25, -0.2) is 4.79 Å². The first kappa shape index (κ1) is 17.6. The number of halogens is 1. The monoisotopic (exact) mass is 387 g/mol. The highest BCUT2D eigenvalue weighted by Crippen LogP contribution is 2.12. The van der Waals surface area contributed by atoms with Crippen molar-refractivity contribution >= 4 is 39.3 Å². The number of nitrogens with one attached hydrogen (secondary N) is 1. The minimum absolute atomic E-state index is 0.265. The standard InChI is InChI=1S/C18H14BrNO4/c1-24-18(23)13-4-8-15(9-5-13)20-17(22)11-10-16(21)12-2-6-14(19)7-3-12/h2-11H,1H3,(H,20,22)/b11-10+. The zero-order valence-corrected chi connectivity index (χ0v) is 14.4. The van der Waals surface area contributed by atoms with Crippen LogP contribution in [-0.4, -0.2) is 24.8 Å². The van der Waals surface area contributed by atoms with Gasteiger partial charge in [0, 0.05) is 21.8 Å². The van der Waals surface area contributed by atoms with Crippen molar-refractivity contribution in [3.05, 3.63) is 76.3 Å². The van der Waals surface area contributed by atoms with Crippen LogP contribution in [0.3, 0.4) is 0 Å². The number of ketones is 1. The molecule has 0 unspecified atom stereocenters. The fraction of sp³-hybridized carbons (Fsp3) is 0.0556. The largest absolute Gasteiger partial charge is 0.465 e. The Morgan fingerprint density at radius 1 is 0.917 bits per heavy atom. The van der Waals surface area contributed by atoms with Crippen LogP contribution in [0.5, 0.6) is 0 Å². The SMILES string of the molecule is COC(=O)c1ccc(NC(=O)/C=C/C(=O)c2ccc(Br)cc2)cc1. The Morgan fingerprint density at radius 2 is 1.50 bits per heavy atom. The topological polar surface area (TPSA) is 72.5 Å². The van der Waals surface area contributed by atoms with Gasteiger partial charge in [0.05, 0.1) is 12.7 Å². The van der Waals surface area contributed by atoms with Crippen molar-refractivity contribution in [3.63, 3.8) is 0 Å². The van der Waals surface area contributed by atoms with Gasteiger partial charge >= 0.3 is 5.97 Å². The molecule has 5 nitrogen and oxygen atoms in total. The molecule has 1 N–H and O–H groups in total. The minimum Gasteiger partial charge on any atom is -0.465 e. The number of carbonyl (C=O) groups excluding carboxylic acids is 3. The van der Waals surface area contributed by atoms with E-state index in [0.717, 1.165) is 4.47 Å². The fourth-order valence-electron chi connectivity index (χ4n) is 1.85. The smallest absolute Gasteiger partial charge is 0.337 e. The van der Waals surface area contributed by atoms with E-state index in [9.17, 15) is 14.4 Å². The van der Waals surface area contributed by atoms with Crippen LogP contribution >= 0.6 is 15.9 Å². The summed E-state index contributed by atoms with van der Waals surface area (Å²) in [5.74, 6) is -1.15. The van der Waals surface area contributed by atoms with Crippen LogP contribution in [0.25, 0.3) is 0 Å². The van der Waals surface area contributed by atoms with Gasteiger partial charge < -0.3 is 10.1 Å². The normalized spacial score (nSPS) is 10.4. The minimum atomic E-state index is -0.451. The van der Waals surface area contributed by atoms with Crippen LogP contribution in [0.2, 0.25) is 0 Å². The van der Waals surface area contributed by atoms with Gasteiger partial charge in [-0.05, 0) is 54.6 Å². The molecule has 6 heteroatoms. The third-order valence-electron chi connectivity index (χ3n) is 3.09. The van der Waals surface area contributed by atoms with E-state index < -0.39 is 11.9 Å². The Morgan fingerprint density at radius 3 is 2.08 bits per heavy atom. The van der Waals surface area contributed by atoms with Gasteiger partial charge in [0.15, 0.2) is 5.78 Å². The molecule has 0 heterocycles.